The first-order valence-electron chi connectivity index (χ1n) is 35.3. The summed E-state index contributed by atoms with van der Waals surface area (Å²) < 4.78 is 16.9. The van der Waals surface area contributed by atoms with Crippen LogP contribution in [0.5, 0.6) is 0 Å². The van der Waals surface area contributed by atoms with Gasteiger partial charge in [-0.05, 0) is 64.2 Å². The molecule has 0 aromatic heterocycles. The molecule has 0 amide bonds. The average Bonchev–Trinajstić information content (AvgIpc) is 3.46. The second-order valence-electron chi connectivity index (χ2n) is 23.8. The Kier molecular flexibility index (Phi) is 66.1. The number of esters is 3. The molecule has 0 spiro atoms. The van der Waals surface area contributed by atoms with Crippen molar-refractivity contribution in [3.63, 3.8) is 0 Å². The van der Waals surface area contributed by atoms with Gasteiger partial charge in [-0.25, -0.2) is 0 Å². The Labute approximate surface area is 498 Å². The Bertz CT molecular complexity index is 1430. The molecule has 0 heterocycles. The highest BCUT2D eigenvalue weighted by Crippen LogP contribution is 2.18. The standard InChI is InChI=1S/C74H134O6/c1-4-7-10-13-16-19-21-23-25-27-29-31-33-35-37-39-41-43-45-47-49-51-53-55-58-61-64-67-73(76)79-70-71(69-78-72(75)66-63-60-57-18-15-12-9-6-3)80-74(77)68-65-62-59-56-54-52-50-48-46-44-42-40-38-36-34-32-30-28-26-24-22-20-17-14-11-8-5-2/h7,10,16,19,23,25,29,31,35,37,71H,4-6,8-9,11-15,17-18,20-22,24,26-28,30,32-34,36,38-70H2,1-3H3/b10-7-,19-16-,25-23-,31-29-,37-35-. The molecule has 0 aliphatic carbocycles. The van der Waals surface area contributed by atoms with Crippen molar-refractivity contribution in [1.82, 2.24) is 0 Å². The van der Waals surface area contributed by atoms with E-state index in [4.69, 9.17) is 14.2 Å². The molecule has 0 aromatic carbocycles. The van der Waals surface area contributed by atoms with Crippen LogP contribution >= 0.6 is 0 Å². The maximum Gasteiger partial charge on any atom is 0.306 e. The van der Waals surface area contributed by atoms with E-state index in [1.807, 2.05) is 0 Å². The van der Waals surface area contributed by atoms with Crippen LogP contribution in [0.2, 0.25) is 0 Å². The van der Waals surface area contributed by atoms with Crippen LogP contribution < -0.4 is 0 Å². The number of carbonyl (C=O) groups is 3. The third-order valence-corrected chi connectivity index (χ3v) is 15.8. The number of carbonyl (C=O) groups excluding carboxylic acids is 3. The fourth-order valence-corrected chi connectivity index (χ4v) is 10.5. The van der Waals surface area contributed by atoms with E-state index in [1.165, 1.54) is 244 Å². The zero-order chi connectivity index (χ0) is 57.8. The lowest BCUT2D eigenvalue weighted by Gasteiger charge is -2.18. The third kappa shape index (κ3) is 65.9. The number of ether oxygens (including phenoxy) is 3. The average molecular weight is 1120 g/mol. The van der Waals surface area contributed by atoms with Gasteiger partial charge >= 0.3 is 17.9 Å². The normalized spacial score (nSPS) is 12.4. The van der Waals surface area contributed by atoms with Gasteiger partial charge in [-0.1, -0.05) is 351 Å². The second-order valence-corrected chi connectivity index (χ2v) is 23.8. The Morgan fingerprint density at radius 1 is 0.263 bits per heavy atom. The maximum absolute atomic E-state index is 12.9. The van der Waals surface area contributed by atoms with Crippen LogP contribution in [-0.4, -0.2) is 37.2 Å². The highest BCUT2D eigenvalue weighted by Gasteiger charge is 2.19. The Morgan fingerprint density at radius 2 is 0.487 bits per heavy atom. The van der Waals surface area contributed by atoms with Gasteiger partial charge in [0.1, 0.15) is 13.2 Å². The molecule has 0 N–H and O–H groups in total. The largest absolute Gasteiger partial charge is 0.462 e. The molecule has 6 nitrogen and oxygen atoms in total. The second kappa shape index (κ2) is 68.6. The van der Waals surface area contributed by atoms with Gasteiger partial charge in [-0.2, -0.15) is 0 Å². The topological polar surface area (TPSA) is 78.9 Å². The first-order valence-corrected chi connectivity index (χ1v) is 35.3. The summed E-state index contributed by atoms with van der Waals surface area (Å²) in [5.74, 6) is -0.854. The van der Waals surface area contributed by atoms with E-state index in [9.17, 15) is 14.4 Å². The van der Waals surface area contributed by atoms with Gasteiger partial charge in [0.15, 0.2) is 6.10 Å². The number of hydrogen-bond donors (Lipinski definition) is 0. The van der Waals surface area contributed by atoms with Crippen LogP contribution in [0, 0.1) is 0 Å². The van der Waals surface area contributed by atoms with Crippen molar-refractivity contribution >= 4 is 17.9 Å². The van der Waals surface area contributed by atoms with Gasteiger partial charge in [-0.15, -0.1) is 0 Å². The highest BCUT2D eigenvalue weighted by atomic mass is 16.6. The van der Waals surface area contributed by atoms with E-state index in [-0.39, 0.29) is 31.1 Å². The van der Waals surface area contributed by atoms with Crippen LogP contribution in [0.25, 0.3) is 0 Å². The highest BCUT2D eigenvalue weighted by molar-refractivity contribution is 5.71. The molecule has 0 aliphatic rings. The lowest BCUT2D eigenvalue weighted by atomic mass is 10.0. The minimum atomic E-state index is -0.771. The molecule has 1 unspecified atom stereocenters. The van der Waals surface area contributed by atoms with E-state index in [1.54, 1.807) is 0 Å². The van der Waals surface area contributed by atoms with Gasteiger partial charge in [0, 0.05) is 19.3 Å². The summed E-state index contributed by atoms with van der Waals surface area (Å²) in [6, 6.07) is 0. The van der Waals surface area contributed by atoms with Crippen molar-refractivity contribution in [1.29, 1.82) is 0 Å². The van der Waals surface area contributed by atoms with Gasteiger partial charge in [0.25, 0.3) is 0 Å². The molecule has 80 heavy (non-hydrogen) atoms. The van der Waals surface area contributed by atoms with Crippen LogP contribution in [0.4, 0.5) is 0 Å². The Balaban J connectivity index is 4.09. The predicted molar refractivity (Wildman–Crippen MR) is 348 cm³/mol. The zero-order valence-corrected chi connectivity index (χ0v) is 53.6. The predicted octanol–water partition coefficient (Wildman–Crippen LogP) is 24.3. The molecule has 0 fully saturated rings. The van der Waals surface area contributed by atoms with Gasteiger partial charge in [0.2, 0.25) is 0 Å². The summed E-state index contributed by atoms with van der Waals surface area (Å²) >= 11 is 0. The summed E-state index contributed by atoms with van der Waals surface area (Å²) in [4.78, 5) is 38.2. The van der Waals surface area contributed by atoms with E-state index < -0.39 is 6.10 Å². The SMILES string of the molecule is CC/C=C\C/C=C\C/C=C\C/C=C\C/C=C\CCCCCCCCCCCCCC(=O)OCC(COC(=O)CCCCCCCCCC)OC(=O)CCCCCCCCCCCCCCCCCCCCCCCCCCCCC. The number of rotatable bonds is 65. The summed E-state index contributed by atoms with van der Waals surface area (Å²) in [5.41, 5.74) is 0. The van der Waals surface area contributed by atoms with Crippen molar-refractivity contribution < 1.29 is 28.6 Å². The van der Waals surface area contributed by atoms with Crippen LogP contribution in [0.15, 0.2) is 60.8 Å². The van der Waals surface area contributed by atoms with Gasteiger partial charge in [0.05, 0.1) is 0 Å². The van der Waals surface area contributed by atoms with Crippen molar-refractivity contribution in [2.24, 2.45) is 0 Å². The van der Waals surface area contributed by atoms with Crippen molar-refractivity contribution in [2.45, 2.75) is 380 Å². The van der Waals surface area contributed by atoms with E-state index >= 15 is 0 Å². The van der Waals surface area contributed by atoms with Crippen LogP contribution in [0.3, 0.4) is 0 Å². The molecule has 466 valence electrons. The quantitative estimate of drug-likeness (QED) is 0.0261. The molecule has 0 saturated carbocycles. The smallest absolute Gasteiger partial charge is 0.306 e. The maximum atomic E-state index is 12.9. The van der Waals surface area contributed by atoms with E-state index in [0.717, 1.165) is 89.9 Å². The first-order chi connectivity index (χ1) is 39.5. The first kappa shape index (κ1) is 77.1. The molecule has 6 heteroatoms. The van der Waals surface area contributed by atoms with E-state index in [2.05, 4.69) is 81.5 Å². The van der Waals surface area contributed by atoms with Gasteiger partial charge in [-0.3, -0.25) is 14.4 Å². The monoisotopic (exact) mass is 1120 g/mol. The van der Waals surface area contributed by atoms with E-state index in [0.29, 0.717) is 19.3 Å². The fraction of sp³-hybridized carbons (Fsp3) is 0.824. The lowest BCUT2D eigenvalue weighted by molar-refractivity contribution is -0.167. The molecule has 0 bridgehead atoms. The number of allylic oxidation sites excluding steroid dienone is 10. The van der Waals surface area contributed by atoms with Crippen molar-refractivity contribution in [3.8, 4) is 0 Å². The van der Waals surface area contributed by atoms with Crippen LogP contribution in [0.1, 0.15) is 374 Å². The Hall–Kier alpha value is -2.89. The summed E-state index contributed by atoms with van der Waals surface area (Å²) in [6.07, 6.45) is 88.5. The molecule has 0 aromatic rings. The summed E-state index contributed by atoms with van der Waals surface area (Å²) in [5, 5.41) is 0. The van der Waals surface area contributed by atoms with Crippen molar-refractivity contribution in [3.05, 3.63) is 60.8 Å². The molecule has 0 radical (unpaired) electrons. The van der Waals surface area contributed by atoms with Crippen LogP contribution in [-0.2, 0) is 28.6 Å². The minimum Gasteiger partial charge on any atom is -0.462 e. The van der Waals surface area contributed by atoms with Gasteiger partial charge < -0.3 is 14.2 Å². The molecular weight excluding hydrogens is 985 g/mol. The summed E-state index contributed by atoms with van der Waals surface area (Å²) in [6.45, 7) is 6.56. The molecule has 0 rings (SSSR count). The molecular formula is C74H134O6. The summed E-state index contributed by atoms with van der Waals surface area (Å²) in [7, 11) is 0. The third-order valence-electron chi connectivity index (χ3n) is 15.8. The fourth-order valence-electron chi connectivity index (χ4n) is 10.5. The minimum absolute atomic E-state index is 0.0699. The molecule has 0 aliphatic heterocycles. The Morgan fingerprint density at radius 3 is 0.762 bits per heavy atom. The van der Waals surface area contributed by atoms with Crippen molar-refractivity contribution in [2.75, 3.05) is 13.2 Å². The number of hydrogen-bond acceptors (Lipinski definition) is 6. The molecule has 1 atom stereocenters. The molecule has 0 saturated heterocycles. The number of unbranched alkanes of at least 4 members (excludes halogenated alkanes) is 44. The lowest BCUT2D eigenvalue weighted by Crippen LogP contribution is -2.30. The zero-order valence-electron chi connectivity index (χ0n) is 53.6.